The van der Waals surface area contributed by atoms with E-state index in [0.717, 1.165) is 10.6 Å². The molecule has 1 aromatic heterocycles. The largest absolute Gasteiger partial charge is 0.465 e. The second-order valence-corrected chi connectivity index (χ2v) is 6.69. The van der Waals surface area contributed by atoms with Crippen molar-refractivity contribution >= 4 is 40.0 Å². The molecular weight excluding hydrogens is 337 g/mol. The van der Waals surface area contributed by atoms with E-state index in [1.807, 2.05) is 0 Å². The number of halogens is 1. The van der Waals surface area contributed by atoms with Crippen molar-refractivity contribution in [1.29, 1.82) is 0 Å². The first-order chi connectivity index (χ1) is 11.1. The number of amides is 1. The van der Waals surface area contributed by atoms with Gasteiger partial charge < -0.3 is 10.1 Å². The van der Waals surface area contributed by atoms with E-state index in [-0.39, 0.29) is 11.7 Å². The van der Waals surface area contributed by atoms with E-state index in [9.17, 15) is 14.0 Å². The molecule has 1 amide bonds. The Bertz CT molecular complexity index is 670. The topological polar surface area (TPSA) is 55.4 Å². The number of nitrogens with one attached hydrogen (secondary N) is 1. The molecule has 23 heavy (non-hydrogen) atoms. The van der Waals surface area contributed by atoms with Crippen LogP contribution >= 0.6 is 23.1 Å². The van der Waals surface area contributed by atoms with E-state index in [4.69, 9.17) is 0 Å². The standard InChI is InChI=1S/C16H16FNO3S2/c1-21-16(20)13-8-10-23-15(13)18-14(19)3-2-9-22-12-6-4-11(17)5-7-12/h4-8,10H,2-3,9H2,1H3,(H,18,19). The molecule has 0 saturated carbocycles. The summed E-state index contributed by atoms with van der Waals surface area (Å²) in [4.78, 5) is 24.4. The number of rotatable bonds is 7. The van der Waals surface area contributed by atoms with Crippen LogP contribution in [0.4, 0.5) is 9.39 Å². The third-order valence-electron chi connectivity index (χ3n) is 2.95. The van der Waals surface area contributed by atoms with Crippen molar-refractivity contribution in [2.75, 3.05) is 18.2 Å². The van der Waals surface area contributed by atoms with Crippen molar-refractivity contribution in [3.63, 3.8) is 0 Å². The molecule has 0 bridgehead atoms. The Hall–Kier alpha value is -1.86. The highest BCUT2D eigenvalue weighted by Crippen LogP contribution is 2.24. The maximum atomic E-state index is 12.8. The zero-order chi connectivity index (χ0) is 16.7. The first kappa shape index (κ1) is 17.5. The summed E-state index contributed by atoms with van der Waals surface area (Å²) in [5.74, 6) is -0.107. The number of anilines is 1. The second kappa shape index (κ2) is 8.69. The predicted octanol–water partition coefficient (Wildman–Crippen LogP) is 4.18. The average Bonchev–Trinajstić information content (AvgIpc) is 3.00. The Labute approximate surface area is 142 Å². The molecule has 1 N–H and O–H groups in total. The van der Waals surface area contributed by atoms with Crippen LogP contribution in [-0.2, 0) is 9.53 Å². The Morgan fingerprint density at radius 3 is 2.70 bits per heavy atom. The predicted molar refractivity (Wildman–Crippen MR) is 90.6 cm³/mol. The lowest BCUT2D eigenvalue weighted by Crippen LogP contribution is -2.13. The fourth-order valence-electron chi connectivity index (χ4n) is 1.82. The van der Waals surface area contributed by atoms with Gasteiger partial charge in [-0.15, -0.1) is 23.1 Å². The number of carbonyl (C=O) groups excluding carboxylic acids is 2. The molecule has 0 spiro atoms. The quantitative estimate of drug-likeness (QED) is 0.461. The normalized spacial score (nSPS) is 10.3. The summed E-state index contributed by atoms with van der Waals surface area (Å²) in [7, 11) is 1.30. The number of esters is 1. The number of hydrogen-bond acceptors (Lipinski definition) is 5. The third-order valence-corrected chi connectivity index (χ3v) is 4.88. The Morgan fingerprint density at radius 1 is 1.26 bits per heavy atom. The number of hydrogen-bond donors (Lipinski definition) is 1. The zero-order valence-electron chi connectivity index (χ0n) is 12.5. The average molecular weight is 353 g/mol. The first-order valence-corrected chi connectivity index (χ1v) is 8.80. The van der Waals surface area contributed by atoms with Crippen molar-refractivity contribution < 1.29 is 18.7 Å². The van der Waals surface area contributed by atoms with Crippen LogP contribution in [0.15, 0.2) is 40.6 Å². The molecule has 0 saturated heterocycles. The lowest BCUT2D eigenvalue weighted by Gasteiger charge is -2.05. The molecule has 0 radical (unpaired) electrons. The summed E-state index contributed by atoms with van der Waals surface area (Å²) in [5, 5.41) is 4.97. The van der Waals surface area contributed by atoms with Crippen LogP contribution in [0.5, 0.6) is 0 Å². The molecule has 7 heteroatoms. The fraction of sp³-hybridized carbons (Fsp3) is 0.250. The number of ether oxygens (including phenoxy) is 1. The van der Waals surface area contributed by atoms with Gasteiger partial charge in [0.25, 0.3) is 0 Å². The highest BCUT2D eigenvalue weighted by molar-refractivity contribution is 7.99. The van der Waals surface area contributed by atoms with Crippen LogP contribution in [0.3, 0.4) is 0 Å². The molecule has 122 valence electrons. The molecule has 1 heterocycles. The Morgan fingerprint density at radius 2 is 2.00 bits per heavy atom. The summed E-state index contributed by atoms with van der Waals surface area (Å²) >= 11 is 2.86. The van der Waals surface area contributed by atoms with Crippen molar-refractivity contribution in [1.82, 2.24) is 0 Å². The van der Waals surface area contributed by atoms with Crippen LogP contribution < -0.4 is 5.32 Å². The van der Waals surface area contributed by atoms with Crippen molar-refractivity contribution in [2.45, 2.75) is 17.7 Å². The number of thioether (sulfide) groups is 1. The van der Waals surface area contributed by atoms with E-state index in [1.165, 1.54) is 30.6 Å². The molecule has 0 fully saturated rings. The summed E-state index contributed by atoms with van der Waals surface area (Å²) in [6, 6.07) is 7.89. The highest BCUT2D eigenvalue weighted by atomic mass is 32.2. The minimum Gasteiger partial charge on any atom is -0.465 e. The molecule has 2 rings (SSSR count). The van der Waals surface area contributed by atoms with Gasteiger partial charge in [-0.3, -0.25) is 4.79 Å². The molecular formula is C16H16FNO3S2. The van der Waals surface area contributed by atoms with Gasteiger partial charge in [0, 0.05) is 11.3 Å². The van der Waals surface area contributed by atoms with Gasteiger partial charge in [-0.05, 0) is 47.9 Å². The monoisotopic (exact) mass is 353 g/mol. The van der Waals surface area contributed by atoms with Crippen LogP contribution in [0, 0.1) is 5.82 Å². The lowest BCUT2D eigenvalue weighted by molar-refractivity contribution is -0.116. The maximum absolute atomic E-state index is 12.8. The van der Waals surface area contributed by atoms with Crippen LogP contribution in [0.1, 0.15) is 23.2 Å². The van der Waals surface area contributed by atoms with Crippen LogP contribution in [0.2, 0.25) is 0 Å². The third kappa shape index (κ3) is 5.37. The van der Waals surface area contributed by atoms with E-state index in [1.54, 1.807) is 35.3 Å². The van der Waals surface area contributed by atoms with Gasteiger partial charge in [-0.1, -0.05) is 0 Å². The number of methoxy groups -OCH3 is 1. The minimum absolute atomic E-state index is 0.141. The fourth-order valence-corrected chi connectivity index (χ4v) is 3.46. The number of benzene rings is 1. The second-order valence-electron chi connectivity index (χ2n) is 4.61. The molecule has 0 unspecified atom stereocenters. The molecule has 0 atom stereocenters. The lowest BCUT2D eigenvalue weighted by atomic mass is 10.3. The van der Waals surface area contributed by atoms with Gasteiger partial charge in [0.2, 0.25) is 5.91 Å². The Kier molecular flexibility index (Phi) is 6.61. The van der Waals surface area contributed by atoms with E-state index < -0.39 is 5.97 Å². The Balaban J connectivity index is 1.74. The summed E-state index contributed by atoms with van der Waals surface area (Å²) in [5.41, 5.74) is 0.367. The zero-order valence-corrected chi connectivity index (χ0v) is 14.1. The smallest absolute Gasteiger partial charge is 0.340 e. The first-order valence-electron chi connectivity index (χ1n) is 6.94. The molecule has 0 aliphatic carbocycles. The molecule has 0 aliphatic rings. The molecule has 4 nitrogen and oxygen atoms in total. The minimum atomic E-state index is -0.464. The number of carbonyl (C=O) groups is 2. The van der Waals surface area contributed by atoms with Gasteiger partial charge in [-0.2, -0.15) is 0 Å². The summed E-state index contributed by atoms with van der Waals surface area (Å²) < 4.78 is 17.4. The number of thiophene rings is 1. The van der Waals surface area contributed by atoms with Crippen molar-refractivity contribution in [3.8, 4) is 0 Å². The van der Waals surface area contributed by atoms with Gasteiger partial charge in [0.05, 0.1) is 12.7 Å². The van der Waals surface area contributed by atoms with Crippen LogP contribution in [-0.4, -0.2) is 24.7 Å². The summed E-state index contributed by atoms with van der Waals surface area (Å²) in [6.45, 7) is 0. The van der Waals surface area contributed by atoms with Gasteiger partial charge in [-0.25, -0.2) is 9.18 Å². The van der Waals surface area contributed by atoms with E-state index in [0.29, 0.717) is 23.4 Å². The highest BCUT2D eigenvalue weighted by Gasteiger charge is 2.15. The SMILES string of the molecule is COC(=O)c1ccsc1NC(=O)CCCSc1ccc(F)cc1. The maximum Gasteiger partial charge on any atom is 0.340 e. The van der Waals surface area contributed by atoms with Crippen molar-refractivity contribution in [3.05, 3.63) is 47.1 Å². The van der Waals surface area contributed by atoms with Gasteiger partial charge >= 0.3 is 5.97 Å². The van der Waals surface area contributed by atoms with Gasteiger partial charge in [0.1, 0.15) is 10.8 Å². The van der Waals surface area contributed by atoms with Gasteiger partial charge in [0.15, 0.2) is 0 Å². The molecule has 0 aliphatic heterocycles. The van der Waals surface area contributed by atoms with E-state index in [2.05, 4.69) is 10.1 Å². The molecule has 1 aromatic carbocycles. The van der Waals surface area contributed by atoms with Crippen molar-refractivity contribution in [2.24, 2.45) is 0 Å². The summed E-state index contributed by atoms with van der Waals surface area (Å²) in [6.07, 6.45) is 1.04. The van der Waals surface area contributed by atoms with Crippen LogP contribution in [0.25, 0.3) is 0 Å². The molecule has 2 aromatic rings. The van der Waals surface area contributed by atoms with E-state index >= 15 is 0 Å².